The lowest BCUT2D eigenvalue weighted by molar-refractivity contribution is -0.127. The highest BCUT2D eigenvalue weighted by atomic mass is 16.2. The molecule has 2 heterocycles. The fourth-order valence-electron chi connectivity index (χ4n) is 5.72. The molecule has 0 bridgehead atoms. The van der Waals surface area contributed by atoms with Gasteiger partial charge in [-0.05, 0) is 88.1 Å². The van der Waals surface area contributed by atoms with E-state index in [9.17, 15) is 9.59 Å². The Morgan fingerprint density at radius 3 is 2.03 bits per heavy atom. The summed E-state index contributed by atoms with van der Waals surface area (Å²) in [5, 5.41) is 6.74. The number of carbonyl (C=O) groups is 2. The highest BCUT2D eigenvalue weighted by Crippen LogP contribution is 2.43. The summed E-state index contributed by atoms with van der Waals surface area (Å²) >= 11 is 0. The first-order valence-corrected chi connectivity index (χ1v) is 11.4. The molecule has 29 heavy (non-hydrogen) atoms. The van der Waals surface area contributed by atoms with Gasteiger partial charge in [0.05, 0.1) is 5.92 Å². The van der Waals surface area contributed by atoms with Crippen LogP contribution in [0, 0.1) is 11.8 Å². The molecule has 168 valence electrons. The van der Waals surface area contributed by atoms with E-state index in [0.29, 0.717) is 18.7 Å². The first-order valence-electron chi connectivity index (χ1n) is 11.4. The number of unbranched alkanes of at least 4 members (excludes halogenated alkanes) is 2. The molecule has 0 spiro atoms. The Bertz CT molecular complexity index is 622. The lowest BCUT2D eigenvalue weighted by atomic mass is 9.82. The first kappa shape index (κ1) is 24.3. The highest BCUT2D eigenvalue weighted by Gasteiger charge is 2.52. The Hall–Kier alpha value is -0.940. The monoisotopic (exact) mass is 407 g/mol. The molecule has 5 heteroatoms. The van der Waals surface area contributed by atoms with E-state index >= 15 is 0 Å². The third kappa shape index (κ3) is 5.41. The SMILES string of the molecule is CN1C(C)(C)CC(C(=O)NCCCCCC(=O)C2CC(C)(C)NC2(C)C)C1(C)C. The molecule has 0 radical (unpaired) electrons. The molecule has 2 saturated heterocycles. The number of hydrogen-bond acceptors (Lipinski definition) is 4. The zero-order valence-electron chi connectivity index (χ0n) is 20.4. The van der Waals surface area contributed by atoms with Crippen LogP contribution in [0.15, 0.2) is 0 Å². The Morgan fingerprint density at radius 2 is 1.55 bits per heavy atom. The molecule has 0 saturated carbocycles. The van der Waals surface area contributed by atoms with Gasteiger partial charge in [-0.15, -0.1) is 0 Å². The molecular formula is C24H45N3O2. The van der Waals surface area contributed by atoms with Crippen LogP contribution in [-0.2, 0) is 9.59 Å². The molecule has 0 aliphatic carbocycles. The second kappa shape index (κ2) is 8.30. The molecule has 0 aromatic heterocycles. The average molecular weight is 408 g/mol. The smallest absolute Gasteiger partial charge is 0.225 e. The summed E-state index contributed by atoms with van der Waals surface area (Å²) in [6.07, 6.45) is 5.27. The van der Waals surface area contributed by atoms with E-state index in [-0.39, 0.29) is 39.9 Å². The van der Waals surface area contributed by atoms with Gasteiger partial charge < -0.3 is 10.6 Å². The van der Waals surface area contributed by atoms with Crippen LogP contribution < -0.4 is 10.6 Å². The van der Waals surface area contributed by atoms with E-state index in [2.05, 4.69) is 78.0 Å². The highest BCUT2D eigenvalue weighted by molar-refractivity contribution is 5.83. The second-order valence-corrected chi connectivity index (χ2v) is 11.8. The van der Waals surface area contributed by atoms with E-state index in [0.717, 1.165) is 32.1 Å². The molecule has 2 rings (SSSR count). The summed E-state index contributed by atoms with van der Waals surface area (Å²) in [4.78, 5) is 27.8. The van der Waals surface area contributed by atoms with Gasteiger partial charge in [-0.1, -0.05) is 6.42 Å². The van der Waals surface area contributed by atoms with Gasteiger partial charge in [-0.25, -0.2) is 0 Å². The standard InChI is InChI=1S/C24H45N3O2/c1-21(2)15-17(23(5,6)26-21)19(28)13-11-10-12-14-25-20(29)18-16-22(3,4)27(9)24(18,7)8/h17-18,26H,10-16H2,1-9H3,(H,25,29). The van der Waals surface area contributed by atoms with Gasteiger partial charge in [0.2, 0.25) is 5.91 Å². The van der Waals surface area contributed by atoms with Crippen LogP contribution >= 0.6 is 0 Å². The van der Waals surface area contributed by atoms with Crippen molar-refractivity contribution in [1.29, 1.82) is 0 Å². The molecular weight excluding hydrogens is 362 g/mol. The Balaban J connectivity index is 1.69. The van der Waals surface area contributed by atoms with Crippen LogP contribution in [0.25, 0.3) is 0 Å². The van der Waals surface area contributed by atoms with Crippen molar-refractivity contribution in [3.63, 3.8) is 0 Å². The number of hydrogen-bond donors (Lipinski definition) is 2. The molecule has 2 aliphatic rings. The molecule has 5 nitrogen and oxygen atoms in total. The summed E-state index contributed by atoms with van der Waals surface area (Å²) in [5.74, 6) is 0.672. The minimum absolute atomic E-state index is 0.0181. The maximum atomic E-state index is 12.7. The van der Waals surface area contributed by atoms with E-state index in [1.165, 1.54) is 0 Å². The normalized spacial score (nSPS) is 29.7. The molecule has 2 aliphatic heterocycles. The fourth-order valence-corrected chi connectivity index (χ4v) is 5.72. The van der Waals surface area contributed by atoms with Crippen LogP contribution in [-0.4, -0.2) is 52.3 Å². The van der Waals surface area contributed by atoms with Crippen molar-refractivity contribution in [2.75, 3.05) is 13.6 Å². The van der Waals surface area contributed by atoms with Crippen molar-refractivity contribution in [3.05, 3.63) is 0 Å². The van der Waals surface area contributed by atoms with Crippen molar-refractivity contribution in [2.24, 2.45) is 11.8 Å². The van der Waals surface area contributed by atoms with Crippen LogP contribution in [0.4, 0.5) is 0 Å². The van der Waals surface area contributed by atoms with Crippen LogP contribution in [0.2, 0.25) is 0 Å². The number of ketones is 1. The van der Waals surface area contributed by atoms with E-state index < -0.39 is 0 Å². The topological polar surface area (TPSA) is 61.4 Å². The zero-order valence-corrected chi connectivity index (χ0v) is 20.4. The van der Waals surface area contributed by atoms with E-state index in [4.69, 9.17) is 0 Å². The molecule has 2 N–H and O–H groups in total. The third-order valence-corrected chi connectivity index (χ3v) is 7.68. The summed E-state index contributed by atoms with van der Waals surface area (Å²) in [7, 11) is 2.12. The lowest BCUT2D eigenvalue weighted by Crippen LogP contribution is -2.49. The molecule has 2 atom stereocenters. The molecule has 2 fully saturated rings. The predicted molar refractivity (Wildman–Crippen MR) is 120 cm³/mol. The van der Waals surface area contributed by atoms with Crippen molar-refractivity contribution in [3.8, 4) is 0 Å². The largest absolute Gasteiger partial charge is 0.356 e. The molecule has 0 aromatic rings. The summed E-state index contributed by atoms with van der Waals surface area (Å²) < 4.78 is 0. The zero-order chi connectivity index (χ0) is 22.3. The first-order chi connectivity index (χ1) is 13.1. The van der Waals surface area contributed by atoms with Gasteiger partial charge in [0.1, 0.15) is 5.78 Å². The number of nitrogens with one attached hydrogen (secondary N) is 2. The quantitative estimate of drug-likeness (QED) is 0.599. The van der Waals surface area contributed by atoms with E-state index in [1.807, 2.05) is 0 Å². The number of likely N-dealkylation sites (tertiary alicyclic amines) is 1. The molecule has 2 unspecified atom stereocenters. The Morgan fingerprint density at radius 1 is 0.931 bits per heavy atom. The number of rotatable bonds is 8. The summed E-state index contributed by atoms with van der Waals surface area (Å²) in [6, 6.07) is 0. The Kier molecular flexibility index (Phi) is 6.96. The van der Waals surface area contributed by atoms with Crippen LogP contribution in [0.5, 0.6) is 0 Å². The van der Waals surface area contributed by atoms with Gasteiger partial charge in [0.25, 0.3) is 0 Å². The van der Waals surface area contributed by atoms with Crippen molar-refractivity contribution in [2.45, 2.75) is 116 Å². The number of amides is 1. The van der Waals surface area contributed by atoms with Gasteiger partial charge in [0.15, 0.2) is 0 Å². The average Bonchev–Trinajstić information content (AvgIpc) is 2.90. The van der Waals surface area contributed by atoms with Gasteiger partial charge in [-0.3, -0.25) is 14.5 Å². The summed E-state index contributed by atoms with van der Waals surface area (Å²) in [6.45, 7) is 18.1. The van der Waals surface area contributed by atoms with Gasteiger partial charge >= 0.3 is 0 Å². The maximum Gasteiger partial charge on any atom is 0.225 e. The second-order valence-electron chi connectivity index (χ2n) is 11.8. The summed E-state index contributed by atoms with van der Waals surface area (Å²) in [5.41, 5.74) is -0.173. The Labute approximate surface area is 178 Å². The van der Waals surface area contributed by atoms with Crippen LogP contribution in [0.3, 0.4) is 0 Å². The molecule has 0 aromatic carbocycles. The van der Waals surface area contributed by atoms with Gasteiger partial charge in [0, 0.05) is 41.0 Å². The fraction of sp³-hybridized carbons (Fsp3) is 0.917. The minimum Gasteiger partial charge on any atom is -0.356 e. The number of Topliss-reactive ketones (excluding diaryl/α,β-unsaturated/α-hetero) is 1. The number of nitrogens with zero attached hydrogens (tertiary/aromatic N) is 1. The number of carbonyl (C=O) groups excluding carboxylic acids is 2. The lowest BCUT2D eigenvalue weighted by Gasteiger charge is -2.38. The van der Waals surface area contributed by atoms with Crippen molar-refractivity contribution >= 4 is 11.7 Å². The van der Waals surface area contributed by atoms with Gasteiger partial charge in [-0.2, -0.15) is 0 Å². The van der Waals surface area contributed by atoms with E-state index in [1.54, 1.807) is 0 Å². The maximum absolute atomic E-state index is 12.7. The van der Waals surface area contributed by atoms with Crippen LogP contribution in [0.1, 0.15) is 93.9 Å². The predicted octanol–water partition coefficient (Wildman–Crippen LogP) is 3.91. The minimum atomic E-state index is -0.129. The third-order valence-electron chi connectivity index (χ3n) is 7.68. The van der Waals surface area contributed by atoms with Crippen molar-refractivity contribution < 1.29 is 9.59 Å². The molecule has 1 amide bonds. The van der Waals surface area contributed by atoms with Crippen molar-refractivity contribution in [1.82, 2.24) is 15.5 Å².